The van der Waals surface area contributed by atoms with Crippen molar-refractivity contribution in [3.8, 4) is 12.3 Å². The number of nitrogens with one attached hydrogen (secondary N) is 1. The summed E-state index contributed by atoms with van der Waals surface area (Å²) in [6.45, 7) is -0.254. The van der Waals surface area contributed by atoms with Gasteiger partial charge < -0.3 is 4.74 Å². The zero-order valence-electron chi connectivity index (χ0n) is 8.01. The van der Waals surface area contributed by atoms with Crippen LogP contribution in [0.25, 0.3) is 0 Å². The average molecular weight is 206 g/mol. The molecule has 0 fully saturated rings. The second kappa shape index (κ2) is 8.88. The zero-order valence-corrected chi connectivity index (χ0v) is 8.01. The van der Waals surface area contributed by atoms with Gasteiger partial charge in [-0.05, 0) is 12.8 Å². The second-order valence-corrected chi connectivity index (χ2v) is 2.86. The Morgan fingerprint density at radius 2 is 2.14 bits per heavy atom. The molecular weight excluding hydrogens is 190 g/mol. The predicted molar refractivity (Wildman–Crippen MR) is 50.6 cm³/mol. The van der Waals surface area contributed by atoms with Crippen LogP contribution in [0.2, 0.25) is 0 Å². The number of nitrogens with two attached hydrogens (primary N) is 1. The van der Waals surface area contributed by atoms with Crippen molar-refractivity contribution in [2.45, 2.75) is 31.7 Å². The lowest BCUT2D eigenvalue weighted by atomic mass is 10.1. The number of hydrazine groups is 1. The maximum Gasteiger partial charge on any atom is 0.261 e. The molecule has 0 bridgehead atoms. The van der Waals surface area contributed by atoms with E-state index in [0.29, 0.717) is 12.8 Å². The third kappa shape index (κ3) is 7.92. The molecule has 1 unspecified atom stereocenters. The van der Waals surface area contributed by atoms with Crippen molar-refractivity contribution in [3.05, 3.63) is 0 Å². The number of rotatable bonds is 8. The van der Waals surface area contributed by atoms with Gasteiger partial charge in [-0.15, -0.1) is 12.3 Å². The Balaban J connectivity index is 3.38. The fourth-order valence-electron chi connectivity index (χ4n) is 0.967. The summed E-state index contributed by atoms with van der Waals surface area (Å²) in [7, 11) is 0. The van der Waals surface area contributed by atoms with E-state index in [9.17, 15) is 8.78 Å². The van der Waals surface area contributed by atoms with E-state index in [1.54, 1.807) is 0 Å². The smallest absolute Gasteiger partial charge is 0.261 e. The third-order valence-electron chi connectivity index (χ3n) is 1.73. The SMILES string of the molecule is C#CCCC(CCOCC(F)F)NN. The highest BCUT2D eigenvalue weighted by atomic mass is 19.3. The Morgan fingerprint density at radius 3 is 2.64 bits per heavy atom. The van der Waals surface area contributed by atoms with Gasteiger partial charge in [0.2, 0.25) is 0 Å². The highest BCUT2D eigenvalue weighted by Crippen LogP contribution is 2.01. The number of hydrogen-bond acceptors (Lipinski definition) is 3. The van der Waals surface area contributed by atoms with Crippen LogP contribution in [-0.4, -0.2) is 25.7 Å². The van der Waals surface area contributed by atoms with Gasteiger partial charge in [-0.1, -0.05) is 0 Å². The monoisotopic (exact) mass is 206 g/mol. The molecular formula is C9H16F2N2O. The molecule has 0 radical (unpaired) electrons. The van der Waals surface area contributed by atoms with Gasteiger partial charge in [-0.2, -0.15) is 0 Å². The second-order valence-electron chi connectivity index (χ2n) is 2.86. The Bertz CT molecular complexity index is 171. The lowest BCUT2D eigenvalue weighted by Gasteiger charge is -2.14. The molecule has 3 N–H and O–H groups in total. The van der Waals surface area contributed by atoms with Crippen LogP contribution < -0.4 is 11.3 Å². The van der Waals surface area contributed by atoms with Gasteiger partial charge >= 0.3 is 0 Å². The van der Waals surface area contributed by atoms with E-state index >= 15 is 0 Å². The topological polar surface area (TPSA) is 47.3 Å². The van der Waals surface area contributed by atoms with Crippen molar-refractivity contribution in [3.63, 3.8) is 0 Å². The summed E-state index contributed by atoms with van der Waals surface area (Å²) in [5, 5.41) is 0. The van der Waals surface area contributed by atoms with Crippen LogP contribution in [-0.2, 0) is 4.74 Å². The van der Waals surface area contributed by atoms with E-state index < -0.39 is 13.0 Å². The van der Waals surface area contributed by atoms with Crippen molar-refractivity contribution in [1.29, 1.82) is 0 Å². The third-order valence-corrected chi connectivity index (χ3v) is 1.73. The van der Waals surface area contributed by atoms with Crippen molar-refractivity contribution in [1.82, 2.24) is 5.43 Å². The van der Waals surface area contributed by atoms with Crippen LogP contribution in [0.1, 0.15) is 19.3 Å². The molecule has 0 saturated heterocycles. The molecule has 0 saturated carbocycles. The maximum atomic E-state index is 11.7. The van der Waals surface area contributed by atoms with E-state index in [-0.39, 0.29) is 12.6 Å². The van der Waals surface area contributed by atoms with Gasteiger partial charge in [0.15, 0.2) is 0 Å². The van der Waals surface area contributed by atoms with Gasteiger partial charge in [0.1, 0.15) is 6.61 Å². The molecule has 3 nitrogen and oxygen atoms in total. The van der Waals surface area contributed by atoms with Crippen LogP contribution in [0.5, 0.6) is 0 Å². The highest BCUT2D eigenvalue weighted by Gasteiger charge is 2.06. The van der Waals surface area contributed by atoms with Crippen LogP contribution in [0, 0.1) is 12.3 Å². The Labute approximate surface area is 83.0 Å². The van der Waals surface area contributed by atoms with E-state index in [0.717, 1.165) is 6.42 Å². The molecule has 0 heterocycles. The van der Waals surface area contributed by atoms with Gasteiger partial charge in [0.25, 0.3) is 6.43 Å². The summed E-state index contributed by atoms with van der Waals surface area (Å²) in [6.07, 6.45) is 4.60. The van der Waals surface area contributed by atoms with Crippen LogP contribution in [0.15, 0.2) is 0 Å². The zero-order chi connectivity index (χ0) is 10.8. The summed E-state index contributed by atoms with van der Waals surface area (Å²) in [4.78, 5) is 0. The Morgan fingerprint density at radius 1 is 1.43 bits per heavy atom. The first-order valence-electron chi connectivity index (χ1n) is 4.46. The fourth-order valence-corrected chi connectivity index (χ4v) is 0.967. The Kier molecular flexibility index (Phi) is 8.43. The number of terminal acetylenes is 1. The first kappa shape index (κ1) is 13.3. The molecule has 0 aliphatic heterocycles. The molecule has 1 atom stereocenters. The van der Waals surface area contributed by atoms with Crippen molar-refractivity contribution in [2.24, 2.45) is 5.84 Å². The highest BCUT2D eigenvalue weighted by molar-refractivity contribution is 4.85. The minimum absolute atomic E-state index is 0.0312. The molecule has 5 heteroatoms. The normalized spacial score (nSPS) is 12.8. The molecule has 14 heavy (non-hydrogen) atoms. The minimum atomic E-state index is -2.41. The largest absolute Gasteiger partial charge is 0.375 e. The molecule has 82 valence electrons. The lowest BCUT2D eigenvalue weighted by molar-refractivity contribution is 0.0142. The van der Waals surface area contributed by atoms with Crippen molar-refractivity contribution < 1.29 is 13.5 Å². The van der Waals surface area contributed by atoms with E-state index in [1.807, 2.05) is 0 Å². The van der Waals surface area contributed by atoms with Gasteiger partial charge in [0, 0.05) is 19.1 Å². The number of hydrogen-bond donors (Lipinski definition) is 2. The molecule has 0 amide bonds. The average Bonchev–Trinajstić information content (AvgIpc) is 2.16. The molecule has 0 aliphatic rings. The molecule has 0 rings (SSSR count). The number of alkyl halides is 2. The van der Waals surface area contributed by atoms with Crippen LogP contribution >= 0.6 is 0 Å². The van der Waals surface area contributed by atoms with E-state index in [2.05, 4.69) is 11.3 Å². The van der Waals surface area contributed by atoms with Crippen LogP contribution in [0.4, 0.5) is 8.78 Å². The van der Waals surface area contributed by atoms with Crippen LogP contribution in [0.3, 0.4) is 0 Å². The molecule has 0 aliphatic carbocycles. The quantitative estimate of drug-likeness (QED) is 0.268. The molecule has 0 aromatic rings. The maximum absolute atomic E-state index is 11.7. The summed E-state index contributed by atoms with van der Waals surface area (Å²) in [6, 6.07) is 0.0312. The first-order valence-corrected chi connectivity index (χ1v) is 4.46. The fraction of sp³-hybridized carbons (Fsp3) is 0.778. The number of ether oxygens (including phenoxy) is 1. The summed E-state index contributed by atoms with van der Waals surface area (Å²) in [5.74, 6) is 7.72. The summed E-state index contributed by atoms with van der Waals surface area (Å²) in [5.41, 5.74) is 2.56. The van der Waals surface area contributed by atoms with Crippen molar-refractivity contribution in [2.75, 3.05) is 13.2 Å². The summed E-state index contributed by atoms with van der Waals surface area (Å²) >= 11 is 0. The first-order chi connectivity index (χ1) is 6.70. The van der Waals surface area contributed by atoms with Gasteiger partial charge in [-0.3, -0.25) is 11.3 Å². The van der Waals surface area contributed by atoms with Gasteiger partial charge in [0.05, 0.1) is 0 Å². The van der Waals surface area contributed by atoms with Gasteiger partial charge in [-0.25, -0.2) is 8.78 Å². The van der Waals surface area contributed by atoms with E-state index in [4.69, 9.17) is 17.0 Å². The molecule has 0 spiro atoms. The number of halogens is 2. The summed E-state index contributed by atoms with van der Waals surface area (Å²) < 4.78 is 28.0. The molecule has 0 aromatic heterocycles. The molecule has 0 aromatic carbocycles. The van der Waals surface area contributed by atoms with Crippen molar-refractivity contribution >= 4 is 0 Å². The Hall–Kier alpha value is -0.700. The predicted octanol–water partition coefficient (Wildman–Crippen LogP) is 0.904. The minimum Gasteiger partial charge on any atom is -0.375 e. The standard InChI is InChI=1S/C9H16F2N2O/c1-2-3-4-8(13-12)5-6-14-7-9(10)11/h1,8-9,13H,3-7,12H2. The lowest BCUT2D eigenvalue weighted by Crippen LogP contribution is -2.36. The van der Waals surface area contributed by atoms with E-state index in [1.165, 1.54) is 0 Å².